The Hall–Kier alpha value is -0.550. The van der Waals surface area contributed by atoms with Crippen molar-refractivity contribution < 1.29 is 0 Å². The third-order valence-electron chi connectivity index (χ3n) is 3.55. The molecule has 0 radical (unpaired) electrons. The highest BCUT2D eigenvalue weighted by Crippen LogP contribution is 2.47. The maximum atomic E-state index is 3.24. The molecular weight excluding hydrogens is 189 g/mol. The summed E-state index contributed by atoms with van der Waals surface area (Å²) in [6.07, 6.45) is 4.31. The lowest BCUT2D eigenvalue weighted by Crippen LogP contribution is -2.13. The van der Waals surface area contributed by atoms with Gasteiger partial charge >= 0.3 is 0 Å². The maximum Gasteiger partial charge on any atom is 0.00838 e. The minimum Gasteiger partial charge on any atom is -0.367 e. The van der Waals surface area contributed by atoms with Crippen molar-refractivity contribution in [2.24, 2.45) is 5.92 Å². The molecule has 0 fully saturated rings. The van der Waals surface area contributed by atoms with Gasteiger partial charge in [-0.15, -0.1) is 0 Å². The predicted molar refractivity (Wildman–Crippen MR) is 65.2 cm³/mol. The van der Waals surface area contributed by atoms with Crippen LogP contribution in [0, 0.1) is 5.92 Å². The molecule has 2 rings (SSSR count). The van der Waals surface area contributed by atoms with Crippen LogP contribution in [0.4, 0.5) is 0 Å². The molecule has 3 atom stereocenters. The summed E-state index contributed by atoms with van der Waals surface area (Å²) in [7, 11) is 0.944. The molecular formula is C12H18NP. The number of allylic oxidation sites excluding steroid dienone is 2. The Kier molecular flexibility index (Phi) is 2.53. The van der Waals surface area contributed by atoms with Crippen molar-refractivity contribution in [2.75, 3.05) is 6.66 Å². The van der Waals surface area contributed by atoms with Gasteiger partial charge in [0, 0.05) is 12.4 Å². The van der Waals surface area contributed by atoms with Crippen LogP contribution in [0.5, 0.6) is 0 Å². The summed E-state index contributed by atoms with van der Waals surface area (Å²) in [5.41, 5.74) is 4.45. The van der Waals surface area contributed by atoms with E-state index in [4.69, 9.17) is 0 Å². The molecule has 0 aromatic carbocycles. The number of hydrogen-bond donors (Lipinski definition) is 1. The van der Waals surface area contributed by atoms with Gasteiger partial charge in [-0.3, -0.25) is 0 Å². The second-order valence-corrected chi connectivity index (χ2v) is 5.23. The average Bonchev–Trinajstić information content (AvgIpc) is 2.64. The van der Waals surface area contributed by atoms with E-state index in [-0.39, 0.29) is 0 Å². The molecule has 1 aromatic heterocycles. The van der Waals surface area contributed by atoms with E-state index in [1.165, 1.54) is 16.7 Å². The fourth-order valence-electron chi connectivity index (χ4n) is 2.50. The Balaban J connectivity index is 2.59. The molecule has 0 bridgehead atoms. The Morgan fingerprint density at radius 2 is 1.93 bits per heavy atom. The molecule has 1 N–H and O–H groups in total. The van der Waals surface area contributed by atoms with Gasteiger partial charge in [0.15, 0.2) is 0 Å². The van der Waals surface area contributed by atoms with Gasteiger partial charge in [0.25, 0.3) is 0 Å². The highest BCUT2D eigenvalue weighted by atomic mass is 31.1. The van der Waals surface area contributed by atoms with Gasteiger partial charge in [-0.05, 0) is 47.4 Å². The third kappa shape index (κ3) is 1.26. The first kappa shape index (κ1) is 9.98. The predicted octanol–water partition coefficient (Wildman–Crippen LogP) is 3.81. The number of rotatable bonds is 1. The molecule has 14 heavy (non-hydrogen) atoms. The molecule has 0 amide bonds. The van der Waals surface area contributed by atoms with Gasteiger partial charge in [0.05, 0.1) is 0 Å². The molecule has 1 aliphatic rings. The summed E-state index contributed by atoms with van der Waals surface area (Å²) < 4.78 is 0. The molecule has 1 aliphatic carbocycles. The molecule has 76 valence electrons. The Labute approximate surface area is 87.8 Å². The van der Waals surface area contributed by atoms with E-state index >= 15 is 0 Å². The van der Waals surface area contributed by atoms with E-state index in [2.05, 4.69) is 44.8 Å². The Bertz CT molecular complexity index is 375. The number of nitrogens with one attached hydrogen (secondary N) is 1. The van der Waals surface area contributed by atoms with Crippen molar-refractivity contribution in [3.63, 3.8) is 0 Å². The van der Waals surface area contributed by atoms with Crippen LogP contribution in [0.2, 0.25) is 0 Å². The first-order valence-electron chi connectivity index (χ1n) is 5.22. The smallest absolute Gasteiger partial charge is 0.00838 e. The molecule has 1 heterocycles. The lowest BCUT2D eigenvalue weighted by molar-refractivity contribution is 0.575. The molecule has 0 aliphatic heterocycles. The summed E-state index contributed by atoms with van der Waals surface area (Å²) in [4.78, 5) is 3.24. The normalized spacial score (nSPS) is 27.4. The number of hydrogen-bond acceptors (Lipinski definition) is 0. The van der Waals surface area contributed by atoms with Crippen LogP contribution in [-0.2, 0) is 0 Å². The van der Waals surface area contributed by atoms with Gasteiger partial charge in [-0.25, -0.2) is 0 Å². The molecule has 0 spiro atoms. The van der Waals surface area contributed by atoms with Crippen LogP contribution in [0.15, 0.2) is 17.7 Å². The summed E-state index contributed by atoms with van der Waals surface area (Å²) in [6, 6.07) is 0. The molecule has 1 nitrogen and oxygen atoms in total. The highest BCUT2D eigenvalue weighted by molar-refractivity contribution is 7.42. The third-order valence-corrected chi connectivity index (χ3v) is 4.92. The monoisotopic (exact) mass is 207 g/mol. The summed E-state index contributed by atoms with van der Waals surface area (Å²) in [5, 5.41) is 1.66. The van der Waals surface area contributed by atoms with Crippen molar-refractivity contribution in [2.45, 2.75) is 26.7 Å². The number of H-pyrrole nitrogens is 1. The van der Waals surface area contributed by atoms with Crippen LogP contribution in [0.1, 0.15) is 37.8 Å². The number of aromatic nitrogens is 1. The van der Waals surface area contributed by atoms with E-state index in [0.29, 0.717) is 11.8 Å². The summed E-state index contributed by atoms with van der Waals surface area (Å²) in [5.74, 6) is 1.38. The van der Waals surface area contributed by atoms with E-state index in [9.17, 15) is 0 Å². The number of aromatic amines is 1. The van der Waals surface area contributed by atoms with Crippen LogP contribution >= 0.6 is 8.58 Å². The van der Waals surface area contributed by atoms with E-state index in [0.717, 1.165) is 8.58 Å². The van der Waals surface area contributed by atoms with Crippen LogP contribution in [-0.4, -0.2) is 11.6 Å². The molecule has 0 saturated carbocycles. The summed E-state index contributed by atoms with van der Waals surface area (Å²) in [6.45, 7) is 9.25. The van der Waals surface area contributed by atoms with E-state index < -0.39 is 0 Å². The zero-order valence-corrected chi connectivity index (χ0v) is 10.3. The van der Waals surface area contributed by atoms with Crippen LogP contribution in [0.3, 0.4) is 0 Å². The van der Waals surface area contributed by atoms with Crippen molar-refractivity contribution in [3.8, 4) is 0 Å². The first-order chi connectivity index (χ1) is 6.66. The lowest BCUT2D eigenvalue weighted by atomic mass is 9.80. The standard InChI is InChI=1S/C12H18NP/c1-7-8(2)12(14-4)9(3)11-6-13-5-10(7)11/h5-8,13-14H,1-4H3. The SMILES string of the molecule is CPC1=C(C)c2c[nH]cc2C(C)C1C. The van der Waals surface area contributed by atoms with Gasteiger partial charge in [0.1, 0.15) is 0 Å². The quantitative estimate of drug-likeness (QED) is 0.674. The first-order valence-corrected chi connectivity index (χ1v) is 6.72. The second kappa shape index (κ2) is 3.55. The van der Waals surface area contributed by atoms with Crippen molar-refractivity contribution >= 4 is 14.2 Å². The zero-order valence-electron chi connectivity index (χ0n) is 9.31. The highest BCUT2D eigenvalue weighted by Gasteiger charge is 2.27. The Morgan fingerprint density at radius 3 is 2.57 bits per heavy atom. The van der Waals surface area contributed by atoms with Gasteiger partial charge < -0.3 is 4.98 Å². The molecule has 2 heteroatoms. The summed E-state index contributed by atoms with van der Waals surface area (Å²) >= 11 is 0. The fraction of sp³-hybridized carbons (Fsp3) is 0.500. The largest absolute Gasteiger partial charge is 0.367 e. The maximum absolute atomic E-state index is 3.24. The average molecular weight is 207 g/mol. The topological polar surface area (TPSA) is 15.8 Å². The van der Waals surface area contributed by atoms with Gasteiger partial charge in [-0.2, -0.15) is 0 Å². The van der Waals surface area contributed by atoms with Gasteiger partial charge in [-0.1, -0.05) is 22.4 Å². The van der Waals surface area contributed by atoms with Crippen LogP contribution < -0.4 is 0 Å². The zero-order chi connectivity index (χ0) is 10.3. The van der Waals surface area contributed by atoms with Crippen LogP contribution in [0.25, 0.3) is 5.57 Å². The van der Waals surface area contributed by atoms with Gasteiger partial charge in [0.2, 0.25) is 0 Å². The Morgan fingerprint density at radius 1 is 1.21 bits per heavy atom. The molecule has 1 aromatic rings. The molecule has 0 saturated heterocycles. The minimum absolute atomic E-state index is 0.669. The fourth-order valence-corrected chi connectivity index (χ4v) is 3.71. The number of fused-ring (bicyclic) bond motifs is 1. The van der Waals surface area contributed by atoms with Crippen molar-refractivity contribution in [3.05, 3.63) is 28.8 Å². The second-order valence-electron chi connectivity index (χ2n) is 4.19. The van der Waals surface area contributed by atoms with E-state index in [1.54, 1.807) is 5.31 Å². The van der Waals surface area contributed by atoms with E-state index in [1.807, 2.05) is 0 Å². The molecule has 3 unspecified atom stereocenters. The lowest BCUT2D eigenvalue weighted by Gasteiger charge is -2.30. The minimum atomic E-state index is 0.669. The van der Waals surface area contributed by atoms with Crippen molar-refractivity contribution in [1.29, 1.82) is 0 Å². The van der Waals surface area contributed by atoms with Crippen molar-refractivity contribution in [1.82, 2.24) is 4.98 Å².